The van der Waals surface area contributed by atoms with Gasteiger partial charge in [0.05, 0.1) is 30.1 Å². The number of benzene rings is 1. The third-order valence-corrected chi connectivity index (χ3v) is 14.8. The number of nitrogens with zero attached hydrogens (tertiary/aromatic N) is 3. The van der Waals surface area contributed by atoms with E-state index in [0.29, 0.717) is 42.0 Å². The van der Waals surface area contributed by atoms with Crippen molar-refractivity contribution in [1.29, 1.82) is 0 Å². The number of oxime groups is 1. The molecule has 4 aliphatic heterocycles. The molecule has 4 heterocycles. The number of esters is 1. The number of allylic oxidation sites excluding steroid dienone is 4. The maximum atomic E-state index is 16.5. The Labute approximate surface area is 378 Å². The highest BCUT2D eigenvalue weighted by atomic mass is 16.6. The topological polar surface area (TPSA) is 188 Å². The van der Waals surface area contributed by atoms with E-state index in [1.165, 1.54) is 12.7 Å². The minimum atomic E-state index is -1.76. The summed E-state index contributed by atoms with van der Waals surface area (Å²) in [4.78, 5) is 49.6. The van der Waals surface area contributed by atoms with E-state index in [0.717, 1.165) is 38.2 Å². The molecule has 8 rings (SSSR count). The van der Waals surface area contributed by atoms with Gasteiger partial charge in [-0.05, 0) is 106 Å². The predicted octanol–water partition coefficient (Wildman–Crippen LogP) is 6.39. The van der Waals surface area contributed by atoms with Crippen molar-refractivity contribution in [2.24, 2.45) is 46.2 Å². The highest BCUT2D eigenvalue weighted by Crippen LogP contribution is 2.73. The van der Waals surface area contributed by atoms with Crippen LogP contribution in [0, 0.1) is 29.6 Å². The van der Waals surface area contributed by atoms with Crippen LogP contribution in [0.15, 0.2) is 58.5 Å². The van der Waals surface area contributed by atoms with Gasteiger partial charge in [0.15, 0.2) is 22.8 Å². The molecule has 348 valence electrons. The second-order valence-electron chi connectivity index (χ2n) is 20.1. The van der Waals surface area contributed by atoms with Gasteiger partial charge < -0.3 is 45.3 Å². The van der Waals surface area contributed by atoms with Crippen LogP contribution in [0.1, 0.15) is 103 Å². The molecule has 5 fully saturated rings. The first-order chi connectivity index (χ1) is 30.2. The first-order valence-electron chi connectivity index (χ1n) is 22.7. The Balaban J connectivity index is 1.52. The van der Waals surface area contributed by atoms with Crippen molar-refractivity contribution < 1.29 is 43.3 Å². The summed E-state index contributed by atoms with van der Waals surface area (Å²) in [5, 5.41) is 13.6. The van der Waals surface area contributed by atoms with Crippen LogP contribution in [-0.2, 0) is 25.5 Å². The monoisotopic (exact) mass is 884 g/mol. The summed E-state index contributed by atoms with van der Waals surface area (Å²) < 4.78 is 34.0. The van der Waals surface area contributed by atoms with Crippen LogP contribution in [0.5, 0.6) is 17.2 Å². The summed E-state index contributed by atoms with van der Waals surface area (Å²) in [6.07, 6.45) is 12.0. The van der Waals surface area contributed by atoms with Gasteiger partial charge in [-0.25, -0.2) is 4.79 Å². The van der Waals surface area contributed by atoms with Crippen molar-refractivity contribution in [2.45, 2.75) is 110 Å². The number of carbonyl (C=O) groups is 3. The Kier molecular flexibility index (Phi) is 12.8. The van der Waals surface area contributed by atoms with Crippen molar-refractivity contribution in [1.82, 2.24) is 9.80 Å². The number of piperazine rings is 1. The zero-order chi connectivity index (χ0) is 46.7. The normalized spacial score (nSPS) is 30.9. The van der Waals surface area contributed by atoms with E-state index in [1.54, 1.807) is 13.0 Å². The standard InChI is InChI=1S/C50H69N5O9/c1-28(2)13-12-18-48(9)19-17-33-41(62-48)32(15-14-29(3)4)43-38(42(33)61-26-25-55-23-21-54(10)22-24-55)40(56)39-37(36(31(6)51)45(52)53-59)34-27-35-47(7,8)64-49(44(34)57,50(35,39)63-43)20-16-30(5)46(58)60-11/h13-14,16-17,19,34-37,39,59H,6,12,15,18,20-27,51H2,1-5,7-11H3,(H2,52,53)/b30-16-. The number of Topliss-reactive ketones (excluding diaryl/α,β-unsaturated/α-hetero) is 2. The summed E-state index contributed by atoms with van der Waals surface area (Å²) in [6, 6.07) is 0. The van der Waals surface area contributed by atoms with E-state index in [9.17, 15) is 10.0 Å². The quantitative estimate of drug-likeness (QED) is 0.0335. The fourth-order valence-corrected chi connectivity index (χ4v) is 11.6. The van der Waals surface area contributed by atoms with Crippen molar-refractivity contribution in [2.75, 3.05) is 53.5 Å². The summed E-state index contributed by atoms with van der Waals surface area (Å²) in [5.74, 6) is -4.81. The first kappa shape index (κ1) is 47.1. The average molecular weight is 884 g/mol. The maximum Gasteiger partial charge on any atom is 0.333 e. The van der Waals surface area contributed by atoms with Gasteiger partial charge in [0.2, 0.25) is 0 Å². The highest BCUT2D eigenvalue weighted by molar-refractivity contribution is 6.11. The second-order valence-corrected chi connectivity index (χ2v) is 20.1. The summed E-state index contributed by atoms with van der Waals surface area (Å²) in [5.41, 5.74) is 12.0. The van der Waals surface area contributed by atoms with Gasteiger partial charge in [-0.2, -0.15) is 0 Å². The zero-order valence-corrected chi connectivity index (χ0v) is 39.5. The van der Waals surface area contributed by atoms with Crippen LogP contribution in [-0.4, -0.2) is 114 Å². The molecule has 3 saturated carbocycles. The van der Waals surface area contributed by atoms with E-state index in [1.807, 2.05) is 39.8 Å². The van der Waals surface area contributed by atoms with Crippen molar-refractivity contribution >= 4 is 29.4 Å². The SMILES string of the molecule is C=C(N)C(/C(N)=N\O)C1C2CC3C(C)(C)OC(C/C=C(/C)C(=O)OC)(C2=O)C32Oc3c(CC=C(C)C)c4c(c(OCCN5CCN(C)CC5)c3C(=O)C12)C=CC(C)(CCC=C(C)C)O4. The number of ketones is 2. The third kappa shape index (κ3) is 7.76. The Morgan fingerprint density at radius 2 is 1.72 bits per heavy atom. The van der Waals surface area contributed by atoms with E-state index < -0.39 is 58.0 Å². The lowest BCUT2D eigenvalue weighted by Crippen LogP contribution is -2.79. The predicted molar refractivity (Wildman–Crippen MR) is 246 cm³/mol. The summed E-state index contributed by atoms with van der Waals surface area (Å²) >= 11 is 0. The molecular weight excluding hydrogens is 815 g/mol. The number of hydrogen-bond acceptors (Lipinski definition) is 13. The van der Waals surface area contributed by atoms with E-state index in [-0.39, 0.29) is 59.4 Å². The van der Waals surface area contributed by atoms with Crippen LogP contribution in [0.4, 0.5) is 0 Å². The molecule has 14 nitrogen and oxygen atoms in total. The van der Waals surface area contributed by atoms with Gasteiger partial charge >= 0.3 is 5.97 Å². The van der Waals surface area contributed by atoms with E-state index >= 15 is 9.59 Å². The second kappa shape index (κ2) is 17.5. The molecule has 2 saturated heterocycles. The number of rotatable bonds is 15. The van der Waals surface area contributed by atoms with Gasteiger partial charge in [-0.15, -0.1) is 0 Å². The smallest absolute Gasteiger partial charge is 0.333 e. The van der Waals surface area contributed by atoms with E-state index in [4.69, 9.17) is 35.2 Å². The molecule has 1 aromatic rings. The Hall–Kier alpha value is -4.92. The molecule has 1 spiro atoms. The number of fused-ring (bicyclic) bond motifs is 2. The minimum Gasteiger partial charge on any atom is -0.491 e. The molecule has 4 bridgehead atoms. The minimum absolute atomic E-state index is 0.0412. The molecule has 0 radical (unpaired) electrons. The van der Waals surface area contributed by atoms with Crippen LogP contribution < -0.4 is 25.7 Å². The number of methoxy groups -OCH3 is 1. The number of nitrogens with two attached hydrogens (primary N) is 2. The average Bonchev–Trinajstić information content (AvgIpc) is 3.37. The van der Waals surface area contributed by atoms with Crippen LogP contribution in [0.3, 0.4) is 0 Å². The third-order valence-electron chi connectivity index (χ3n) is 14.8. The van der Waals surface area contributed by atoms with Gasteiger partial charge in [0.25, 0.3) is 0 Å². The Morgan fingerprint density at radius 3 is 2.34 bits per heavy atom. The fourth-order valence-electron chi connectivity index (χ4n) is 11.6. The van der Waals surface area contributed by atoms with Crippen LogP contribution in [0.25, 0.3) is 6.08 Å². The number of amidine groups is 1. The van der Waals surface area contributed by atoms with Gasteiger partial charge in [0.1, 0.15) is 40.9 Å². The molecule has 8 unspecified atom stereocenters. The molecule has 14 heteroatoms. The Bertz CT molecular complexity index is 2240. The van der Waals surface area contributed by atoms with Crippen LogP contribution in [0.2, 0.25) is 0 Å². The molecular formula is C50H69N5O9. The van der Waals surface area contributed by atoms with Crippen molar-refractivity contribution in [3.8, 4) is 17.2 Å². The molecule has 0 amide bonds. The lowest BCUT2D eigenvalue weighted by atomic mass is 9.41. The van der Waals surface area contributed by atoms with E-state index in [2.05, 4.69) is 61.5 Å². The maximum absolute atomic E-state index is 16.5. The lowest BCUT2D eigenvalue weighted by Gasteiger charge is -2.64. The molecule has 5 N–H and O–H groups in total. The highest BCUT2D eigenvalue weighted by Gasteiger charge is 2.86. The Morgan fingerprint density at radius 1 is 1.03 bits per heavy atom. The lowest BCUT2D eigenvalue weighted by molar-refractivity contribution is -0.213. The van der Waals surface area contributed by atoms with Gasteiger partial charge in [0, 0.05) is 67.8 Å². The summed E-state index contributed by atoms with van der Waals surface area (Å²) in [6.45, 7) is 24.3. The molecule has 0 aromatic heterocycles. The first-order valence-corrected chi connectivity index (χ1v) is 22.7. The van der Waals surface area contributed by atoms with Crippen LogP contribution >= 0.6 is 0 Å². The summed E-state index contributed by atoms with van der Waals surface area (Å²) in [7, 11) is 3.41. The number of ether oxygens (including phenoxy) is 5. The molecule has 64 heavy (non-hydrogen) atoms. The number of carbonyl (C=O) groups excluding carboxylic acids is 3. The largest absolute Gasteiger partial charge is 0.491 e. The number of hydrogen-bond donors (Lipinski definition) is 3. The fraction of sp³-hybridized carbons (Fsp3) is 0.600. The number of likely N-dealkylation sites (N-methyl/N-ethyl adjacent to an activating group) is 1. The molecule has 3 aliphatic carbocycles. The molecule has 1 aromatic carbocycles. The van der Waals surface area contributed by atoms with Gasteiger partial charge in [-0.3, -0.25) is 14.5 Å². The van der Waals surface area contributed by atoms with Crippen molar-refractivity contribution in [3.63, 3.8) is 0 Å². The van der Waals surface area contributed by atoms with Gasteiger partial charge in [-0.1, -0.05) is 41.1 Å². The van der Waals surface area contributed by atoms with Crippen molar-refractivity contribution in [3.05, 3.63) is 70.0 Å². The molecule has 7 aliphatic rings. The molecule has 8 atom stereocenters. The zero-order valence-electron chi connectivity index (χ0n) is 39.5.